The Kier molecular flexibility index (Phi) is 3.88. The molecule has 0 bridgehead atoms. The first-order valence-electron chi connectivity index (χ1n) is 5.48. The van der Waals surface area contributed by atoms with Crippen LogP contribution in [0.2, 0.25) is 0 Å². The molecule has 18 heavy (non-hydrogen) atoms. The molecule has 0 unspecified atom stereocenters. The summed E-state index contributed by atoms with van der Waals surface area (Å²) in [5.41, 5.74) is 0. The summed E-state index contributed by atoms with van der Waals surface area (Å²) in [6, 6.07) is 7.44. The summed E-state index contributed by atoms with van der Waals surface area (Å²) >= 11 is 5.13. The SMILES string of the molecule is CCOC(=O)COc1n[nH]c(=S)c2ccccc12. The molecule has 0 fully saturated rings. The second kappa shape index (κ2) is 5.59. The number of nitrogens with one attached hydrogen (secondary N) is 1. The van der Waals surface area contributed by atoms with Crippen LogP contribution in [0.5, 0.6) is 5.88 Å². The largest absolute Gasteiger partial charge is 0.464 e. The first kappa shape index (κ1) is 12.5. The number of carbonyl (C=O) groups is 1. The first-order valence-corrected chi connectivity index (χ1v) is 5.89. The second-order valence-electron chi connectivity index (χ2n) is 3.50. The molecule has 0 aliphatic heterocycles. The van der Waals surface area contributed by atoms with Crippen molar-refractivity contribution in [2.45, 2.75) is 6.92 Å². The van der Waals surface area contributed by atoms with Gasteiger partial charge in [0.1, 0.15) is 4.64 Å². The highest BCUT2D eigenvalue weighted by Gasteiger charge is 2.08. The molecular formula is C12H12N2O3S. The standard InChI is InChI=1S/C12H12N2O3S/c1-2-16-10(15)7-17-11-8-5-3-4-6-9(8)12(18)14-13-11/h3-6H,2,7H2,1H3,(H,14,18). The summed E-state index contributed by atoms with van der Waals surface area (Å²) in [7, 11) is 0. The minimum Gasteiger partial charge on any atom is -0.464 e. The normalized spacial score (nSPS) is 10.3. The molecule has 0 saturated heterocycles. The summed E-state index contributed by atoms with van der Waals surface area (Å²) in [5.74, 6) is -0.0851. The lowest BCUT2D eigenvalue weighted by Gasteiger charge is -2.07. The Hall–Kier alpha value is -1.95. The van der Waals surface area contributed by atoms with E-state index in [1.165, 1.54) is 0 Å². The van der Waals surface area contributed by atoms with Crippen molar-refractivity contribution >= 4 is 29.0 Å². The Morgan fingerprint density at radius 3 is 2.83 bits per heavy atom. The fourth-order valence-corrected chi connectivity index (χ4v) is 1.75. The van der Waals surface area contributed by atoms with Crippen molar-refractivity contribution < 1.29 is 14.3 Å². The van der Waals surface area contributed by atoms with E-state index < -0.39 is 5.97 Å². The van der Waals surface area contributed by atoms with E-state index in [-0.39, 0.29) is 6.61 Å². The summed E-state index contributed by atoms with van der Waals surface area (Å²) in [5, 5.41) is 8.27. The highest BCUT2D eigenvalue weighted by atomic mass is 32.1. The molecule has 1 N–H and O–H groups in total. The number of fused-ring (bicyclic) bond motifs is 1. The third-order valence-electron chi connectivity index (χ3n) is 2.29. The van der Waals surface area contributed by atoms with Crippen molar-refractivity contribution in [1.29, 1.82) is 0 Å². The Labute approximate surface area is 109 Å². The van der Waals surface area contributed by atoms with Crippen molar-refractivity contribution in [1.82, 2.24) is 10.2 Å². The van der Waals surface area contributed by atoms with Crippen molar-refractivity contribution in [3.05, 3.63) is 28.9 Å². The molecule has 0 aliphatic rings. The van der Waals surface area contributed by atoms with E-state index in [4.69, 9.17) is 21.7 Å². The highest BCUT2D eigenvalue weighted by molar-refractivity contribution is 7.71. The monoisotopic (exact) mass is 264 g/mol. The van der Waals surface area contributed by atoms with Gasteiger partial charge in [0.15, 0.2) is 6.61 Å². The van der Waals surface area contributed by atoms with Gasteiger partial charge in [0.05, 0.1) is 6.61 Å². The lowest BCUT2D eigenvalue weighted by molar-refractivity contribution is -0.145. The molecule has 0 radical (unpaired) electrons. The van der Waals surface area contributed by atoms with Gasteiger partial charge >= 0.3 is 5.97 Å². The van der Waals surface area contributed by atoms with E-state index in [2.05, 4.69) is 10.2 Å². The Balaban J connectivity index is 2.26. The number of esters is 1. The molecule has 0 aliphatic carbocycles. The van der Waals surface area contributed by atoms with Gasteiger partial charge in [0, 0.05) is 10.8 Å². The van der Waals surface area contributed by atoms with Gasteiger partial charge < -0.3 is 9.47 Å². The Morgan fingerprint density at radius 2 is 2.11 bits per heavy atom. The summed E-state index contributed by atoms with van der Waals surface area (Å²) < 4.78 is 10.6. The van der Waals surface area contributed by atoms with E-state index >= 15 is 0 Å². The molecule has 2 rings (SSSR count). The molecule has 2 aromatic rings. The van der Waals surface area contributed by atoms with Crippen LogP contribution in [0.15, 0.2) is 24.3 Å². The maximum Gasteiger partial charge on any atom is 0.344 e. The van der Waals surface area contributed by atoms with Gasteiger partial charge in [-0.3, -0.25) is 5.10 Å². The molecule has 0 spiro atoms. The van der Waals surface area contributed by atoms with Gasteiger partial charge in [-0.2, -0.15) is 0 Å². The number of aromatic amines is 1. The predicted molar refractivity (Wildman–Crippen MR) is 69.1 cm³/mol. The van der Waals surface area contributed by atoms with Crippen molar-refractivity contribution in [3.8, 4) is 5.88 Å². The minimum absolute atomic E-state index is 0.171. The highest BCUT2D eigenvalue weighted by Crippen LogP contribution is 2.22. The maximum absolute atomic E-state index is 11.2. The van der Waals surface area contributed by atoms with E-state index in [1.54, 1.807) is 6.92 Å². The molecule has 1 aromatic heterocycles. The van der Waals surface area contributed by atoms with Crippen LogP contribution in [0.3, 0.4) is 0 Å². The Morgan fingerprint density at radius 1 is 1.39 bits per heavy atom. The van der Waals surface area contributed by atoms with Gasteiger partial charge in [-0.05, 0) is 13.0 Å². The Bertz CT molecular complexity index is 624. The molecular weight excluding hydrogens is 252 g/mol. The molecule has 0 amide bonds. The number of hydrogen-bond donors (Lipinski definition) is 1. The van der Waals surface area contributed by atoms with Crippen LogP contribution in [0, 0.1) is 4.64 Å². The quantitative estimate of drug-likeness (QED) is 0.677. The predicted octanol–water partition coefficient (Wildman–Crippen LogP) is 2.23. The number of carbonyl (C=O) groups excluding carboxylic acids is 1. The third-order valence-corrected chi connectivity index (χ3v) is 2.60. The fourth-order valence-electron chi connectivity index (χ4n) is 1.53. The zero-order valence-corrected chi connectivity index (χ0v) is 10.6. The third kappa shape index (κ3) is 2.65. The lowest BCUT2D eigenvalue weighted by atomic mass is 10.2. The smallest absolute Gasteiger partial charge is 0.344 e. The van der Waals surface area contributed by atoms with Crippen LogP contribution in [0.4, 0.5) is 0 Å². The number of benzene rings is 1. The van der Waals surface area contributed by atoms with E-state index in [1.807, 2.05) is 24.3 Å². The summed E-state index contributed by atoms with van der Waals surface area (Å²) in [6.07, 6.45) is 0. The fraction of sp³-hybridized carbons (Fsp3) is 0.250. The summed E-state index contributed by atoms with van der Waals surface area (Å²) in [6.45, 7) is 1.90. The number of hydrogen-bond acceptors (Lipinski definition) is 5. The molecule has 0 atom stereocenters. The van der Waals surface area contributed by atoms with Gasteiger partial charge in [-0.15, -0.1) is 5.10 Å². The summed E-state index contributed by atoms with van der Waals surface area (Å²) in [4.78, 5) is 11.2. The maximum atomic E-state index is 11.2. The topological polar surface area (TPSA) is 64.2 Å². The van der Waals surface area contributed by atoms with Crippen LogP contribution in [-0.4, -0.2) is 29.4 Å². The molecule has 1 heterocycles. The molecule has 94 valence electrons. The lowest BCUT2D eigenvalue weighted by Crippen LogP contribution is -2.15. The number of nitrogens with zero attached hydrogens (tertiary/aromatic N) is 1. The number of H-pyrrole nitrogens is 1. The van der Waals surface area contributed by atoms with Crippen LogP contribution in [0.25, 0.3) is 10.8 Å². The van der Waals surface area contributed by atoms with Crippen molar-refractivity contribution in [3.63, 3.8) is 0 Å². The van der Waals surface area contributed by atoms with E-state index in [0.717, 1.165) is 10.8 Å². The molecule has 0 saturated carbocycles. The minimum atomic E-state index is -0.425. The van der Waals surface area contributed by atoms with Gasteiger partial charge in [0.25, 0.3) is 0 Å². The number of aromatic nitrogens is 2. The number of rotatable bonds is 4. The van der Waals surface area contributed by atoms with Crippen molar-refractivity contribution in [2.24, 2.45) is 0 Å². The van der Waals surface area contributed by atoms with Crippen LogP contribution < -0.4 is 4.74 Å². The molecule has 5 nitrogen and oxygen atoms in total. The van der Waals surface area contributed by atoms with Crippen LogP contribution in [-0.2, 0) is 9.53 Å². The van der Waals surface area contributed by atoms with Gasteiger partial charge in [0.2, 0.25) is 5.88 Å². The zero-order valence-electron chi connectivity index (χ0n) is 9.80. The zero-order chi connectivity index (χ0) is 13.0. The first-order chi connectivity index (χ1) is 8.72. The van der Waals surface area contributed by atoms with Crippen LogP contribution >= 0.6 is 12.2 Å². The number of ether oxygens (including phenoxy) is 2. The van der Waals surface area contributed by atoms with Gasteiger partial charge in [-0.25, -0.2) is 4.79 Å². The molecule has 6 heteroatoms. The molecule has 1 aromatic carbocycles. The van der Waals surface area contributed by atoms with E-state index in [0.29, 0.717) is 17.1 Å². The van der Waals surface area contributed by atoms with Crippen LogP contribution in [0.1, 0.15) is 6.92 Å². The van der Waals surface area contributed by atoms with E-state index in [9.17, 15) is 4.79 Å². The van der Waals surface area contributed by atoms with Gasteiger partial charge in [-0.1, -0.05) is 30.4 Å². The average Bonchev–Trinajstić information content (AvgIpc) is 2.39. The van der Waals surface area contributed by atoms with Crippen molar-refractivity contribution in [2.75, 3.05) is 13.2 Å². The average molecular weight is 264 g/mol. The second-order valence-corrected chi connectivity index (χ2v) is 3.91.